The summed E-state index contributed by atoms with van der Waals surface area (Å²) in [5, 5.41) is 5.90. The Labute approximate surface area is 57.5 Å². The lowest BCUT2D eigenvalue weighted by molar-refractivity contribution is 1.03. The first-order valence-corrected chi connectivity index (χ1v) is 2.71. The lowest BCUT2D eigenvalue weighted by Crippen LogP contribution is -2.11. The van der Waals surface area contributed by atoms with Gasteiger partial charge in [-0.2, -0.15) is 5.10 Å². The predicted octanol–water partition coefficient (Wildman–Crippen LogP) is 0.315. The van der Waals surface area contributed by atoms with E-state index in [4.69, 9.17) is 0 Å². The van der Waals surface area contributed by atoms with Crippen LogP contribution in [0.5, 0.6) is 0 Å². The zero-order valence-corrected chi connectivity index (χ0v) is 5.37. The zero-order chi connectivity index (χ0) is 7.56. The van der Waals surface area contributed by atoms with E-state index >= 15 is 0 Å². The van der Waals surface area contributed by atoms with E-state index in [1.54, 1.807) is 0 Å². The molecule has 4 heteroatoms. The molecule has 0 atom stereocenters. The molecule has 1 aromatic heterocycles. The fraction of sp³-hybridized carbons (Fsp3) is 0. The van der Waals surface area contributed by atoms with Gasteiger partial charge in [0.1, 0.15) is 0 Å². The van der Waals surface area contributed by atoms with Gasteiger partial charge in [-0.1, -0.05) is 13.2 Å². The molecule has 52 valence electrons. The van der Waals surface area contributed by atoms with Gasteiger partial charge in [-0.25, -0.2) is 9.89 Å². The summed E-state index contributed by atoms with van der Waals surface area (Å²) in [5.74, 6) is 0.472. The maximum atomic E-state index is 10.8. The van der Waals surface area contributed by atoms with E-state index in [2.05, 4.69) is 23.4 Å². The lowest BCUT2D eigenvalue weighted by atomic mass is 10.6. The van der Waals surface area contributed by atoms with Gasteiger partial charge in [0, 0.05) is 6.20 Å². The van der Waals surface area contributed by atoms with Crippen LogP contribution >= 0.6 is 0 Å². The van der Waals surface area contributed by atoms with Gasteiger partial charge in [-0.05, 0) is 6.08 Å². The van der Waals surface area contributed by atoms with Gasteiger partial charge in [0.05, 0.1) is 0 Å². The molecule has 0 aliphatic carbocycles. The Morgan fingerprint density at radius 1 is 1.60 bits per heavy atom. The Kier molecular flexibility index (Phi) is 1.53. The second-order valence-corrected chi connectivity index (χ2v) is 1.64. The summed E-state index contributed by atoms with van der Waals surface area (Å²) in [6, 6.07) is 0. The molecule has 1 N–H and O–H groups in total. The van der Waals surface area contributed by atoms with Gasteiger partial charge in [0.25, 0.3) is 0 Å². The highest BCUT2D eigenvalue weighted by molar-refractivity contribution is 5.40. The lowest BCUT2D eigenvalue weighted by Gasteiger charge is -1.88. The van der Waals surface area contributed by atoms with Crippen LogP contribution in [-0.4, -0.2) is 14.8 Å². The number of nitrogens with one attached hydrogen (secondary N) is 1. The SMILES string of the molecule is C=Cc1n[nH]c(=O)n1C=C. The Morgan fingerprint density at radius 3 is 2.70 bits per heavy atom. The van der Waals surface area contributed by atoms with Gasteiger partial charge < -0.3 is 0 Å². The summed E-state index contributed by atoms with van der Waals surface area (Å²) < 4.78 is 1.27. The molecule has 0 fully saturated rings. The molecule has 1 aromatic rings. The molecule has 0 radical (unpaired) electrons. The average Bonchev–Trinajstić information content (AvgIpc) is 2.30. The van der Waals surface area contributed by atoms with Crippen LogP contribution in [-0.2, 0) is 0 Å². The molecule has 0 unspecified atom stereocenters. The van der Waals surface area contributed by atoms with E-state index in [0.29, 0.717) is 5.82 Å². The molecule has 0 aliphatic rings. The molecule has 0 aromatic carbocycles. The van der Waals surface area contributed by atoms with Crippen molar-refractivity contribution in [3.8, 4) is 0 Å². The number of rotatable bonds is 2. The van der Waals surface area contributed by atoms with Gasteiger partial charge in [0.15, 0.2) is 5.82 Å². The third kappa shape index (κ3) is 0.793. The number of aromatic amines is 1. The van der Waals surface area contributed by atoms with E-state index in [1.807, 2.05) is 0 Å². The Bertz CT molecular complexity index is 307. The average molecular weight is 137 g/mol. The number of hydrogen-bond acceptors (Lipinski definition) is 2. The van der Waals surface area contributed by atoms with Crippen molar-refractivity contribution in [3.63, 3.8) is 0 Å². The molecule has 0 amide bonds. The van der Waals surface area contributed by atoms with Gasteiger partial charge >= 0.3 is 5.69 Å². The Morgan fingerprint density at radius 2 is 2.30 bits per heavy atom. The summed E-state index contributed by atoms with van der Waals surface area (Å²) in [4.78, 5) is 10.8. The maximum absolute atomic E-state index is 10.8. The van der Waals surface area contributed by atoms with Crippen LogP contribution in [0.2, 0.25) is 0 Å². The molecule has 10 heavy (non-hydrogen) atoms. The first-order valence-electron chi connectivity index (χ1n) is 2.71. The van der Waals surface area contributed by atoms with Crippen molar-refractivity contribution < 1.29 is 0 Å². The number of aromatic nitrogens is 3. The molecule has 0 aliphatic heterocycles. The van der Waals surface area contributed by atoms with Crippen molar-refractivity contribution in [1.29, 1.82) is 0 Å². The van der Waals surface area contributed by atoms with Crippen LogP contribution in [0.25, 0.3) is 12.3 Å². The summed E-state index contributed by atoms with van der Waals surface area (Å²) in [7, 11) is 0. The van der Waals surface area contributed by atoms with Crippen LogP contribution in [0.4, 0.5) is 0 Å². The summed E-state index contributed by atoms with van der Waals surface area (Å²) >= 11 is 0. The molecular weight excluding hydrogens is 130 g/mol. The first-order chi connectivity index (χ1) is 4.79. The van der Waals surface area contributed by atoms with Gasteiger partial charge in [-0.15, -0.1) is 0 Å². The van der Waals surface area contributed by atoms with Crippen molar-refractivity contribution >= 4 is 12.3 Å². The van der Waals surface area contributed by atoms with Crippen molar-refractivity contribution in [1.82, 2.24) is 14.8 Å². The zero-order valence-electron chi connectivity index (χ0n) is 5.37. The molecule has 0 saturated heterocycles. The fourth-order valence-corrected chi connectivity index (χ4v) is 0.637. The van der Waals surface area contributed by atoms with Crippen molar-refractivity contribution in [3.05, 3.63) is 29.5 Å². The highest BCUT2D eigenvalue weighted by Gasteiger charge is 1.97. The van der Waals surface area contributed by atoms with Gasteiger partial charge in [0.2, 0.25) is 0 Å². The number of H-pyrrole nitrogens is 1. The Hall–Kier alpha value is -1.58. The monoisotopic (exact) mass is 137 g/mol. The maximum Gasteiger partial charge on any atom is 0.347 e. The van der Waals surface area contributed by atoms with E-state index in [9.17, 15) is 4.79 Å². The molecule has 1 heterocycles. The second-order valence-electron chi connectivity index (χ2n) is 1.64. The highest BCUT2D eigenvalue weighted by atomic mass is 16.1. The van der Waals surface area contributed by atoms with E-state index in [1.165, 1.54) is 16.8 Å². The van der Waals surface area contributed by atoms with Gasteiger partial charge in [-0.3, -0.25) is 4.57 Å². The molecule has 1 rings (SSSR count). The van der Waals surface area contributed by atoms with E-state index in [-0.39, 0.29) is 5.69 Å². The normalized spacial score (nSPS) is 9.20. The molecular formula is C6H7N3O. The van der Waals surface area contributed by atoms with Crippen LogP contribution in [0.1, 0.15) is 5.82 Å². The third-order valence-corrected chi connectivity index (χ3v) is 1.10. The number of nitrogens with zero attached hydrogens (tertiary/aromatic N) is 2. The van der Waals surface area contributed by atoms with Crippen LogP contribution in [0.3, 0.4) is 0 Å². The predicted molar refractivity (Wildman–Crippen MR) is 39.3 cm³/mol. The molecule has 0 bridgehead atoms. The van der Waals surface area contributed by atoms with Crippen LogP contribution in [0, 0.1) is 0 Å². The van der Waals surface area contributed by atoms with E-state index < -0.39 is 0 Å². The minimum Gasteiger partial charge on any atom is -0.251 e. The summed E-state index contributed by atoms with van der Waals surface area (Å²) in [6.07, 6.45) is 2.85. The summed E-state index contributed by atoms with van der Waals surface area (Å²) in [5.41, 5.74) is -0.301. The molecule has 4 nitrogen and oxygen atoms in total. The highest BCUT2D eigenvalue weighted by Crippen LogP contribution is 1.90. The first kappa shape index (κ1) is 6.54. The summed E-state index contributed by atoms with van der Waals surface area (Å²) in [6.45, 7) is 6.89. The van der Waals surface area contributed by atoms with E-state index in [0.717, 1.165) is 0 Å². The van der Waals surface area contributed by atoms with Crippen molar-refractivity contribution in [2.75, 3.05) is 0 Å². The van der Waals surface area contributed by atoms with Crippen molar-refractivity contribution in [2.24, 2.45) is 0 Å². The van der Waals surface area contributed by atoms with Crippen molar-refractivity contribution in [2.45, 2.75) is 0 Å². The smallest absolute Gasteiger partial charge is 0.251 e. The molecule has 0 spiro atoms. The standard InChI is InChI=1S/C6H7N3O/c1-3-5-7-8-6(10)9(5)4-2/h3-4H,1-2H2,(H,8,10). The minimum absolute atomic E-state index is 0.301. The van der Waals surface area contributed by atoms with Crippen LogP contribution < -0.4 is 5.69 Å². The fourth-order valence-electron chi connectivity index (χ4n) is 0.637. The quantitative estimate of drug-likeness (QED) is 0.638. The van der Waals surface area contributed by atoms with Crippen LogP contribution in [0.15, 0.2) is 18.0 Å². The topological polar surface area (TPSA) is 50.7 Å². The molecule has 0 saturated carbocycles. The number of hydrogen-bond donors (Lipinski definition) is 1. The Balaban J connectivity index is 3.39. The third-order valence-electron chi connectivity index (χ3n) is 1.10. The largest absolute Gasteiger partial charge is 0.347 e. The second kappa shape index (κ2) is 2.34. The minimum atomic E-state index is -0.301.